The molecule has 1 saturated heterocycles. The fourth-order valence-corrected chi connectivity index (χ4v) is 5.55. The zero-order chi connectivity index (χ0) is 24.2. The normalized spacial score (nSPS) is 14.8. The van der Waals surface area contributed by atoms with E-state index in [0.717, 1.165) is 0 Å². The third-order valence-corrected chi connectivity index (χ3v) is 7.39. The van der Waals surface area contributed by atoms with Crippen molar-refractivity contribution in [3.05, 3.63) is 0 Å². The Morgan fingerprint density at radius 3 is 2.38 bits per heavy atom. The minimum atomic E-state index is -3.29. The van der Waals surface area contributed by atoms with E-state index in [1.165, 1.54) is 11.8 Å². The van der Waals surface area contributed by atoms with Gasteiger partial charge in [-0.3, -0.25) is 14.4 Å². The SMILES string of the molecule is CC(C)(CCS(=O)(=O)CCSCCC(=O)ON1C(=O)CCC1=O)OCCNCCC(=O)O. The Kier molecular flexibility index (Phi) is 12.2. The minimum Gasteiger partial charge on any atom is -0.481 e. The van der Waals surface area contributed by atoms with Crippen LogP contribution in [0.25, 0.3) is 0 Å². The number of hydroxylamine groups is 2. The van der Waals surface area contributed by atoms with E-state index in [-0.39, 0.29) is 37.2 Å². The van der Waals surface area contributed by atoms with Crippen molar-refractivity contribution < 1.29 is 42.3 Å². The molecule has 0 bridgehead atoms. The van der Waals surface area contributed by atoms with Crippen molar-refractivity contribution in [3.8, 4) is 0 Å². The monoisotopic (exact) mass is 496 g/mol. The van der Waals surface area contributed by atoms with E-state index < -0.39 is 39.2 Å². The van der Waals surface area contributed by atoms with Crippen LogP contribution in [0.5, 0.6) is 0 Å². The molecule has 184 valence electrons. The Morgan fingerprint density at radius 2 is 1.75 bits per heavy atom. The summed E-state index contributed by atoms with van der Waals surface area (Å²) in [5, 5.41) is 12.0. The van der Waals surface area contributed by atoms with Gasteiger partial charge in [-0.15, -0.1) is 5.06 Å². The summed E-state index contributed by atoms with van der Waals surface area (Å²) in [6.45, 7) is 4.76. The molecule has 1 aliphatic rings. The maximum absolute atomic E-state index is 12.2. The number of carboxylic acid groups (broad SMARTS) is 1. The topological polar surface area (TPSA) is 156 Å². The quantitative estimate of drug-likeness (QED) is 0.212. The number of rotatable bonds is 17. The van der Waals surface area contributed by atoms with Gasteiger partial charge < -0.3 is 20.0 Å². The van der Waals surface area contributed by atoms with Gasteiger partial charge >= 0.3 is 11.9 Å². The van der Waals surface area contributed by atoms with Crippen LogP contribution in [-0.2, 0) is 38.6 Å². The van der Waals surface area contributed by atoms with E-state index in [2.05, 4.69) is 5.32 Å². The molecule has 0 unspecified atom stereocenters. The molecule has 0 aromatic rings. The molecule has 2 amide bonds. The molecule has 0 radical (unpaired) electrons. The lowest BCUT2D eigenvalue weighted by Gasteiger charge is -2.25. The Balaban J connectivity index is 2.15. The van der Waals surface area contributed by atoms with Crippen molar-refractivity contribution in [1.82, 2.24) is 10.4 Å². The average Bonchev–Trinajstić information content (AvgIpc) is 3.01. The average molecular weight is 497 g/mol. The standard InChI is InChI=1S/C19H32N2O9S2/c1-19(2,29-10-9-20-8-5-17(24)25)7-13-32(27,28)14-12-31-11-6-18(26)30-21-15(22)3-4-16(21)23/h20H,3-14H2,1-2H3,(H,24,25). The Bertz CT molecular complexity index is 753. The predicted octanol–water partition coefficient (Wildman–Crippen LogP) is 0.381. The fourth-order valence-electron chi connectivity index (χ4n) is 2.54. The largest absolute Gasteiger partial charge is 0.481 e. The highest BCUT2D eigenvalue weighted by atomic mass is 32.2. The lowest BCUT2D eigenvalue weighted by atomic mass is 10.1. The van der Waals surface area contributed by atoms with Crippen molar-refractivity contribution in [3.63, 3.8) is 0 Å². The summed E-state index contributed by atoms with van der Waals surface area (Å²) in [6.07, 6.45) is 0.371. The van der Waals surface area contributed by atoms with Crippen molar-refractivity contribution in [2.45, 2.75) is 51.6 Å². The number of carboxylic acids is 1. The number of thioether (sulfide) groups is 1. The Hall–Kier alpha value is -1.70. The number of aliphatic carboxylic acids is 1. The van der Waals surface area contributed by atoms with Gasteiger partial charge in [0, 0.05) is 37.4 Å². The summed E-state index contributed by atoms with van der Waals surface area (Å²) in [5.41, 5.74) is -0.636. The zero-order valence-electron chi connectivity index (χ0n) is 18.5. The lowest BCUT2D eigenvalue weighted by Crippen LogP contribution is -2.32. The molecule has 1 rings (SSSR count). The number of imide groups is 1. The number of hydrogen-bond acceptors (Lipinski definition) is 10. The van der Waals surface area contributed by atoms with E-state index in [4.69, 9.17) is 14.7 Å². The fraction of sp³-hybridized carbons (Fsp3) is 0.789. The molecule has 0 aromatic heterocycles. The van der Waals surface area contributed by atoms with Crippen LogP contribution in [0.3, 0.4) is 0 Å². The lowest BCUT2D eigenvalue weighted by molar-refractivity contribution is -0.197. The van der Waals surface area contributed by atoms with E-state index in [1.807, 2.05) is 0 Å². The number of nitrogens with zero attached hydrogens (tertiary/aromatic N) is 1. The number of carbonyl (C=O) groups excluding carboxylic acids is 3. The molecule has 32 heavy (non-hydrogen) atoms. The van der Waals surface area contributed by atoms with Gasteiger partial charge in [0.15, 0.2) is 9.84 Å². The molecule has 0 aromatic carbocycles. The van der Waals surface area contributed by atoms with Gasteiger partial charge in [0.05, 0.1) is 36.6 Å². The number of nitrogens with one attached hydrogen (secondary N) is 1. The number of ether oxygens (including phenoxy) is 1. The van der Waals surface area contributed by atoms with Crippen molar-refractivity contribution in [2.75, 3.05) is 42.7 Å². The second-order valence-electron chi connectivity index (χ2n) is 7.81. The minimum absolute atomic E-state index is 0.0264. The number of amides is 2. The smallest absolute Gasteiger partial charge is 0.334 e. The first kappa shape index (κ1) is 28.3. The van der Waals surface area contributed by atoms with Crippen LogP contribution in [0.1, 0.15) is 46.0 Å². The highest BCUT2D eigenvalue weighted by Gasteiger charge is 2.32. The van der Waals surface area contributed by atoms with Crippen LogP contribution in [0.15, 0.2) is 0 Å². The summed E-state index contributed by atoms with van der Waals surface area (Å²) < 4.78 is 30.2. The van der Waals surface area contributed by atoms with E-state index >= 15 is 0 Å². The Morgan fingerprint density at radius 1 is 1.09 bits per heavy atom. The van der Waals surface area contributed by atoms with Gasteiger partial charge in [-0.05, 0) is 20.3 Å². The molecular formula is C19H32N2O9S2. The Labute approximate surface area is 192 Å². The summed E-state index contributed by atoms with van der Waals surface area (Å²) in [6, 6.07) is 0. The predicted molar refractivity (Wildman–Crippen MR) is 118 cm³/mol. The molecule has 1 heterocycles. The van der Waals surface area contributed by atoms with Crippen LogP contribution in [0.4, 0.5) is 0 Å². The molecular weight excluding hydrogens is 464 g/mol. The van der Waals surface area contributed by atoms with Crippen LogP contribution in [-0.4, -0.2) is 90.6 Å². The summed E-state index contributed by atoms with van der Waals surface area (Å²) in [5.74, 6) is -2.11. The third kappa shape index (κ3) is 12.4. The van der Waals surface area contributed by atoms with Gasteiger partial charge in [-0.1, -0.05) is 0 Å². The first-order chi connectivity index (χ1) is 14.9. The van der Waals surface area contributed by atoms with Crippen LogP contribution >= 0.6 is 11.8 Å². The molecule has 0 spiro atoms. The van der Waals surface area contributed by atoms with E-state index in [1.54, 1.807) is 13.8 Å². The number of sulfone groups is 1. The van der Waals surface area contributed by atoms with Gasteiger partial charge in [0.25, 0.3) is 11.8 Å². The van der Waals surface area contributed by atoms with Crippen molar-refractivity contribution in [2.24, 2.45) is 0 Å². The summed E-state index contributed by atoms with van der Waals surface area (Å²) >= 11 is 1.28. The third-order valence-electron chi connectivity index (χ3n) is 4.49. The van der Waals surface area contributed by atoms with Crippen LogP contribution < -0.4 is 5.32 Å². The van der Waals surface area contributed by atoms with Gasteiger partial charge in [0.1, 0.15) is 0 Å². The van der Waals surface area contributed by atoms with Crippen molar-refractivity contribution in [1.29, 1.82) is 0 Å². The van der Waals surface area contributed by atoms with E-state index in [0.29, 0.717) is 42.7 Å². The van der Waals surface area contributed by atoms with Gasteiger partial charge in [0.2, 0.25) is 0 Å². The summed E-state index contributed by atoms with van der Waals surface area (Å²) in [4.78, 5) is 49.6. The van der Waals surface area contributed by atoms with Crippen LogP contribution in [0.2, 0.25) is 0 Å². The van der Waals surface area contributed by atoms with Crippen LogP contribution in [0, 0.1) is 0 Å². The first-order valence-electron chi connectivity index (χ1n) is 10.3. The van der Waals surface area contributed by atoms with Gasteiger partial charge in [-0.25, -0.2) is 13.2 Å². The highest BCUT2D eigenvalue weighted by molar-refractivity contribution is 8.00. The molecule has 1 fully saturated rings. The van der Waals surface area contributed by atoms with Gasteiger partial charge in [-0.2, -0.15) is 11.8 Å². The summed E-state index contributed by atoms with van der Waals surface area (Å²) in [7, 11) is -3.29. The molecule has 2 N–H and O–H groups in total. The molecule has 13 heteroatoms. The molecule has 11 nitrogen and oxygen atoms in total. The number of carbonyl (C=O) groups is 4. The highest BCUT2D eigenvalue weighted by Crippen LogP contribution is 2.17. The van der Waals surface area contributed by atoms with Crippen molar-refractivity contribution >= 4 is 45.4 Å². The molecule has 0 aliphatic carbocycles. The molecule has 0 saturated carbocycles. The number of hydrogen-bond donors (Lipinski definition) is 2. The molecule has 0 atom stereocenters. The van der Waals surface area contributed by atoms with E-state index in [9.17, 15) is 27.6 Å². The second-order valence-corrected chi connectivity index (χ2v) is 11.3. The maximum atomic E-state index is 12.2. The zero-order valence-corrected chi connectivity index (χ0v) is 20.1. The molecule has 1 aliphatic heterocycles. The first-order valence-corrected chi connectivity index (χ1v) is 13.3. The maximum Gasteiger partial charge on any atom is 0.334 e. The second kappa shape index (κ2) is 13.8.